The van der Waals surface area contributed by atoms with Crippen LogP contribution < -0.4 is 0 Å². The van der Waals surface area contributed by atoms with Gasteiger partial charge in [0.15, 0.2) is 0 Å². The van der Waals surface area contributed by atoms with E-state index in [4.69, 9.17) is 4.43 Å². The first-order valence-electron chi connectivity index (χ1n) is 3.49. The summed E-state index contributed by atoms with van der Waals surface area (Å²) in [7, 11) is 4.15. The quantitative estimate of drug-likeness (QED) is 0.575. The van der Waals surface area contributed by atoms with Crippen molar-refractivity contribution < 1.29 is 4.43 Å². The van der Waals surface area contributed by atoms with Crippen LogP contribution in [0.25, 0.3) is 0 Å². The van der Waals surface area contributed by atoms with Gasteiger partial charge < -0.3 is 8.99 Å². The minimum absolute atomic E-state index is 1.06. The topological polar surface area (TPSA) is 12.5 Å². The van der Waals surface area contributed by atoms with Crippen LogP contribution in [0.1, 0.15) is 6.92 Å². The Morgan fingerprint density at radius 3 is 2.10 bits per heavy atom. The third-order valence-electron chi connectivity index (χ3n) is 1.94. The molecule has 0 radical (unpaired) electrons. The molecular formula is C7H17NOSi. The molecule has 0 aliphatic heterocycles. The maximum Gasteiger partial charge on any atom is 0.295 e. The highest BCUT2D eigenvalue weighted by molar-refractivity contribution is 6.75. The van der Waals surface area contributed by atoms with Crippen LogP contribution in [0.15, 0.2) is 12.3 Å². The molecular weight excluding hydrogens is 142 g/mol. The van der Waals surface area contributed by atoms with Crippen molar-refractivity contribution in [3.05, 3.63) is 12.3 Å². The van der Waals surface area contributed by atoms with E-state index in [1.54, 1.807) is 7.11 Å². The zero-order valence-corrected chi connectivity index (χ0v) is 8.35. The normalized spacial score (nSPS) is 16.9. The number of nitrogens with zero attached hydrogens (tertiary/aromatic N) is 1. The molecule has 0 aliphatic rings. The molecule has 1 unspecified atom stereocenters. The van der Waals surface area contributed by atoms with Crippen LogP contribution in [-0.2, 0) is 4.43 Å². The fraction of sp³-hybridized carbons (Fsp3) is 0.714. The largest absolute Gasteiger partial charge is 0.403 e. The maximum absolute atomic E-state index is 5.44. The van der Waals surface area contributed by atoms with E-state index in [0.717, 1.165) is 6.04 Å². The van der Waals surface area contributed by atoms with Gasteiger partial charge in [0.05, 0.1) is 0 Å². The lowest BCUT2D eigenvalue weighted by molar-refractivity contribution is 0.343. The van der Waals surface area contributed by atoms with Crippen LogP contribution in [0.5, 0.6) is 0 Å². The molecule has 3 heteroatoms. The third kappa shape index (κ3) is 1.68. The van der Waals surface area contributed by atoms with Crippen molar-refractivity contribution in [3.8, 4) is 0 Å². The number of hydrogen-bond donors (Lipinski definition) is 0. The summed E-state index contributed by atoms with van der Waals surface area (Å²) in [5, 5.41) is 0. The van der Waals surface area contributed by atoms with Gasteiger partial charge in [-0.25, -0.2) is 0 Å². The van der Waals surface area contributed by atoms with Crippen molar-refractivity contribution in [2.24, 2.45) is 0 Å². The van der Waals surface area contributed by atoms with Gasteiger partial charge in [-0.2, -0.15) is 0 Å². The fourth-order valence-corrected chi connectivity index (χ4v) is 3.16. The minimum atomic E-state index is -1.70. The summed E-state index contributed by atoms with van der Waals surface area (Å²) in [5.74, 6) is 0. The van der Waals surface area contributed by atoms with Crippen LogP contribution in [0.4, 0.5) is 0 Å². The van der Waals surface area contributed by atoms with Crippen LogP contribution in [-0.4, -0.2) is 34.2 Å². The van der Waals surface area contributed by atoms with E-state index < -0.39 is 8.48 Å². The highest BCUT2D eigenvalue weighted by Gasteiger charge is 2.31. The zero-order valence-electron chi connectivity index (χ0n) is 7.35. The van der Waals surface area contributed by atoms with Crippen molar-refractivity contribution in [2.75, 3.05) is 21.2 Å². The highest BCUT2D eigenvalue weighted by Crippen LogP contribution is 2.13. The van der Waals surface area contributed by atoms with Crippen molar-refractivity contribution in [2.45, 2.75) is 13.0 Å². The molecule has 0 aliphatic carbocycles. The fourth-order valence-electron chi connectivity index (χ4n) is 1.05. The first kappa shape index (κ1) is 9.88. The Balaban J connectivity index is 4.30. The molecule has 0 N–H and O–H groups in total. The van der Waals surface area contributed by atoms with Crippen LogP contribution in [0.2, 0.25) is 6.04 Å². The summed E-state index contributed by atoms with van der Waals surface area (Å²) in [5.41, 5.74) is 1.97. The summed E-state index contributed by atoms with van der Waals surface area (Å²) in [6, 6.07) is 1.06. The molecule has 0 rings (SSSR count). The predicted octanol–water partition coefficient (Wildman–Crippen LogP) is 1.38. The average molecular weight is 159 g/mol. The second kappa shape index (κ2) is 3.90. The molecule has 60 valence electrons. The number of hydrogen-bond acceptors (Lipinski definition) is 2. The van der Waals surface area contributed by atoms with E-state index in [0.29, 0.717) is 0 Å². The molecule has 0 fully saturated rings. The molecule has 0 heterocycles. The van der Waals surface area contributed by atoms with Gasteiger partial charge >= 0.3 is 0 Å². The van der Waals surface area contributed by atoms with E-state index in [9.17, 15) is 0 Å². The minimum Gasteiger partial charge on any atom is -0.403 e. The Hall–Kier alpha value is -0.123. The maximum atomic E-state index is 5.44. The summed E-state index contributed by atoms with van der Waals surface area (Å²) < 4.78 is 7.60. The van der Waals surface area contributed by atoms with Gasteiger partial charge in [0.2, 0.25) is 0 Å². The van der Waals surface area contributed by atoms with E-state index in [-0.39, 0.29) is 0 Å². The highest BCUT2D eigenvalue weighted by atomic mass is 28.4. The van der Waals surface area contributed by atoms with E-state index >= 15 is 0 Å². The lowest BCUT2D eigenvalue weighted by Gasteiger charge is -2.31. The molecule has 0 bridgehead atoms. The first-order valence-corrected chi connectivity index (χ1v) is 5.63. The summed E-state index contributed by atoms with van der Waals surface area (Å²) in [6.07, 6.45) is 0. The van der Waals surface area contributed by atoms with Crippen molar-refractivity contribution >= 4 is 8.48 Å². The Labute approximate surface area is 64.7 Å². The van der Waals surface area contributed by atoms with Crippen molar-refractivity contribution in [3.63, 3.8) is 0 Å². The molecule has 0 aromatic rings. The SMILES string of the molecule is C=C[Si](CC)(OC)N(C)C. The standard InChI is InChI=1S/C7H17NOSi/c1-6-10(7-2,9-5)8(3)4/h6H,1,7H2,2-5H3. The first-order chi connectivity index (χ1) is 4.63. The molecule has 0 spiro atoms. The smallest absolute Gasteiger partial charge is 0.295 e. The molecule has 0 aromatic carbocycles. The molecule has 1 atom stereocenters. The van der Waals surface area contributed by atoms with Crippen LogP contribution in [0, 0.1) is 0 Å². The zero-order chi connectivity index (χ0) is 8.20. The molecule has 0 saturated carbocycles. The Morgan fingerprint density at radius 2 is 2.10 bits per heavy atom. The predicted molar refractivity (Wildman–Crippen MR) is 47.1 cm³/mol. The Bertz CT molecular complexity index is 110. The van der Waals surface area contributed by atoms with Gasteiger partial charge in [-0.05, 0) is 20.1 Å². The van der Waals surface area contributed by atoms with Crippen LogP contribution >= 0.6 is 0 Å². The molecule has 10 heavy (non-hydrogen) atoms. The van der Waals surface area contributed by atoms with E-state index in [2.05, 4.69) is 18.1 Å². The van der Waals surface area contributed by atoms with Crippen LogP contribution in [0.3, 0.4) is 0 Å². The lowest BCUT2D eigenvalue weighted by Crippen LogP contribution is -2.49. The summed E-state index contributed by atoms with van der Waals surface area (Å²) >= 11 is 0. The Morgan fingerprint density at radius 1 is 1.60 bits per heavy atom. The van der Waals surface area contributed by atoms with Gasteiger partial charge in [0, 0.05) is 7.11 Å². The average Bonchev–Trinajstić information content (AvgIpc) is 1.92. The molecule has 2 nitrogen and oxygen atoms in total. The van der Waals surface area contributed by atoms with Gasteiger partial charge in [-0.3, -0.25) is 0 Å². The molecule has 0 amide bonds. The molecule has 0 saturated heterocycles. The monoisotopic (exact) mass is 159 g/mol. The van der Waals surface area contributed by atoms with E-state index in [1.165, 1.54) is 0 Å². The van der Waals surface area contributed by atoms with Crippen molar-refractivity contribution in [1.82, 2.24) is 4.57 Å². The van der Waals surface area contributed by atoms with Gasteiger partial charge in [0.1, 0.15) is 0 Å². The second-order valence-corrected chi connectivity index (χ2v) is 6.61. The Kier molecular flexibility index (Phi) is 3.86. The number of rotatable bonds is 4. The second-order valence-electron chi connectivity index (χ2n) is 2.50. The third-order valence-corrected chi connectivity index (χ3v) is 5.81. The van der Waals surface area contributed by atoms with Crippen molar-refractivity contribution in [1.29, 1.82) is 0 Å². The van der Waals surface area contributed by atoms with E-state index in [1.807, 2.05) is 19.8 Å². The lowest BCUT2D eigenvalue weighted by atomic mass is 11.0. The summed E-state index contributed by atoms with van der Waals surface area (Å²) in [6.45, 7) is 5.93. The van der Waals surface area contributed by atoms with Gasteiger partial charge in [-0.1, -0.05) is 12.6 Å². The molecule has 0 aromatic heterocycles. The van der Waals surface area contributed by atoms with Gasteiger partial charge in [0.25, 0.3) is 8.48 Å². The summed E-state index contributed by atoms with van der Waals surface area (Å²) in [4.78, 5) is 0. The van der Waals surface area contributed by atoms with Gasteiger partial charge in [-0.15, -0.1) is 6.58 Å².